The molecular formula is C21H21NO4. The van der Waals surface area contributed by atoms with Crippen LogP contribution in [0.4, 0.5) is 0 Å². The Morgan fingerprint density at radius 1 is 0.962 bits per heavy atom. The molecule has 1 heterocycles. The van der Waals surface area contributed by atoms with Crippen molar-refractivity contribution in [2.24, 2.45) is 0 Å². The first-order valence-corrected chi connectivity index (χ1v) is 8.50. The van der Waals surface area contributed by atoms with Crippen molar-refractivity contribution in [1.82, 2.24) is 5.32 Å². The van der Waals surface area contributed by atoms with Crippen LogP contribution in [0.5, 0.6) is 11.5 Å². The van der Waals surface area contributed by atoms with Gasteiger partial charge in [-0.05, 0) is 36.8 Å². The van der Waals surface area contributed by atoms with Gasteiger partial charge in [0.25, 0.3) is 5.91 Å². The molecule has 3 rings (SSSR count). The zero-order chi connectivity index (χ0) is 18.2. The van der Waals surface area contributed by atoms with Gasteiger partial charge in [-0.15, -0.1) is 0 Å². The van der Waals surface area contributed by atoms with E-state index in [0.717, 1.165) is 5.56 Å². The Balaban J connectivity index is 1.67. The molecule has 1 aromatic heterocycles. The number of ether oxygens (including phenoxy) is 2. The van der Waals surface area contributed by atoms with E-state index in [1.54, 1.807) is 18.4 Å². The molecule has 0 fully saturated rings. The Labute approximate surface area is 152 Å². The Morgan fingerprint density at radius 3 is 2.31 bits per heavy atom. The highest BCUT2D eigenvalue weighted by Gasteiger charge is 2.19. The van der Waals surface area contributed by atoms with Crippen LogP contribution in [0.2, 0.25) is 0 Å². The number of hydrogen-bond donors (Lipinski definition) is 1. The molecule has 134 valence electrons. The van der Waals surface area contributed by atoms with Crippen LogP contribution in [-0.2, 0) is 4.79 Å². The molecular weight excluding hydrogens is 330 g/mol. The molecule has 0 spiro atoms. The van der Waals surface area contributed by atoms with E-state index in [-0.39, 0.29) is 18.6 Å². The van der Waals surface area contributed by atoms with E-state index >= 15 is 0 Å². The van der Waals surface area contributed by atoms with E-state index in [4.69, 9.17) is 13.9 Å². The summed E-state index contributed by atoms with van der Waals surface area (Å²) in [6.45, 7) is 2.31. The van der Waals surface area contributed by atoms with Crippen LogP contribution < -0.4 is 14.8 Å². The average molecular weight is 351 g/mol. The van der Waals surface area contributed by atoms with E-state index in [1.807, 2.05) is 61.5 Å². The minimum absolute atomic E-state index is 0.117. The SMILES string of the molecule is CCOc1ccccc1OCC(=O)N[C@@H](c1ccccc1)c1ccco1. The van der Waals surface area contributed by atoms with Gasteiger partial charge in [0.1, 0.15) is 11.8 Å². The number of nitrogens with one attached hydrogen (secondary N) is 1. The number of hydrogen-bond acceptors (Lipinski definition) is 4. The number of amides is 1. The quantitative estimate of drug-likeness (QED) is 0.667. The van der Waals surface area contributed by atoms with E-state index in [2.05, 4.69) is 5.32 Å². The summed E-state index contributed by atoms with van der Waals surface area (Å²) in [6.07, 6.45) is 1.59. The first-order valence-electron chi connectivity index (χ1n) is 8.50. The monoisotopic (exact) mass is 351 g/mol. The van der Waals surface area contributed by atoms with Gasteiger partial charge in [0.05, 0.1) is 12.9 Å². The molecule has 3 aromatic rings. The minimum atomic E-state index is -0.371. The van der Waals surface area contributed by atoms with E-state index < -0.39 is 0 Å². The molecule has 0 aliphatic carbocycles. The number of rotatable bonds is 8. The number of furan rings is 1. The molecule has 0 aliphatic heterocycles. The third kappa shape index (κ3) is 4.45. The topological polar surface area (TPSA) is 60.7 Å². The van der Waals surface area contributed by atoms with Gasteiger partial charge in [0.15, 0.2) is 18.1 Å². The second-order valence-corrected chi connectivity index (χ2v) is 5.60. The van der Waals surface area contributed by atoms with Crippen LogP contribution in [0.3, 0.4) is 0 Å². The van der Waals surface area contributed by atoms with Crippen molar-refractivity contribution in [2.75, 3.05) is 13.2 Å². The van der Waals surface area contributed by atoms with Crippen LogP contribution in [0, 0.1) is 0 Å². The van der Waals surface area contributed by atoms with Gasteiger partial charge in [-0.2, -0.15) is 0 Å². The lowest BCUT2D eigenvalue weighted by Gasteiger charge is -2.18. The molecule has 5 nitrogen and oxygen atoms in total. The second-order valence-electron chi connectivity index (χ2n) is 5.60. The third-order valence-electron chi connectivity index (χ3n) is 3.77. The van der Waals surface area contributed by atoms with Crippen LogP contribution in [0.15, 0.2) is 77.4 Å². The van der Waals surface area contributed by atoms with Crippen molar-refractivity contribution >= 4 is 5.91 Å². The lowest BCUT2D eigenvalue weighted by atomic mass is 10.0. The number of carbonyl (C=O) groups excluding carboxylic acids is 1. The first-order chi connectivity index (χ1) is 12.8. The summed E-state index contributed by atoms with van der Waals surface area (Å²) >= 11 is 0. The van der Waals surface area contributed by atoms with Gasteiger partial charge in [-0.25, -0.2) is 0 Å². The maximum Gasteiger partial charge on any atom is 0.258 e. The first kappa shape index (κ1) is 17.6. The highest BCUT2D eigenvalue weighted by atomic mass is 16.5. The molecule has 0 unspecified atom stereocenters. The molecule has 1 amide bonds. The Kier molecular flexibility index (Phi) is 5.93. The standard InChI is InChI=1S/C21H21NO4/c1-2-24-17-11-6-7-12-18(17)26-15-20(23)22-21(19-13-8-14-25-19)16-9-4-3-5-10-16/h3-14,21H,2,15H2,1H3,(H,22,23)/t21-/m0/s1. The zero-order valence-electron chi connectivity index (χ0n) is 14.6. The van der Waals surface area contributed by atoms with Gasteiger partial charge >= 0.3 is 0 Å². The summed E-state index contributed by atoms with van der Waals surface area (Å²) in [5.74, 6) is 1.58. The summed E-state index contributed by atoms with van der Waals surface area (Å²) in [5.41, 5.74) is 0.936. The van der Waals surface area contributed by atoms with E-state index in [1.165, 1.54) is 0 Å². The summed E-state index contributed by atoms with van der Waals surface area (Å²) in [4.78, 5) is 12.4. The minimum Gasteiger partial charge on any atom is -0.490 e. The average Bonchev–Trinajstić information content (AvgIpc) is 3.21. The molecule has 0 saturated heterocycles. The molecule has 1 atom stereocenters. The summed E-state index contributed by atoms with van der Waals surface area (Å²) in [5, 5.41) is 2.96. The van der Waals surface area contributed by atoms with E-state index in [0.29, 0.717) is 23.9 Å². The number of carbonyl (C=O) groups is 1. The van der Waals surface area contributed by atoms with Crippen LogP contribution in [0.25, 0.3) is 0 Å². The molecule has 0 bridgehead atoms. The molecule has 0 radical (unpaired) electrons. The van der Waals surface area contributed by atoms with Crippen molar-refractivity contribution in [3.8, 4) is 11.5 Å². The summed E-state index contributed by atoms with van der Waals surface area (Å²) in [6, 6.07) is 20.2. The van der Waals surface area contributed by atoms with Crippen molar-refractivity contribution in [3.63, 3.8) is 0 Å². The van der Waals surface area contributed by atoms with Crippen molar-refractivity contribution < 1.29 is 18.7 Å². The third-order valence-corrected chi connectivity index (χ3v) is 3.77. The van der Waals surface area contributed by atoms with Crippen LogP contribution in [-0.4, -0.2) is 19.1 Å². The van der Waals surface area contributed by atoms with Gasteiger partial charge < -0.3 is 19.2 Å². The maximum atomic E-state index is 12.4. The maximum absolute atomic E-state index is 12.4. The summed E-state index contributed by atoms with van der Waals surface area (Å²) in [7, 11) is 0. The Morgan fingerprint density at radius 2 is 1.65 bits per heavy atom. The second kappa shape index (κ2) is 8.76. The molecule has 5 heteroatoms. The number of benzene rings is 2. The van der Waals surface area contributed by atoms with Crippen molar-refractivity contribution in [2.45, 2.75) is 13.0 Å². The van der Waals surface area contributed by atoms with Crippen LogP contribution >= 0.6 is 0 Å². The Hall–Kier alpha value is -3.21. The molecule has 2 aromatic carbocycles. The molecule has 0 saturated carbocycles. The number of para-hydroxylation sites is 2. The molecule has 1 N–H and O–H groups in total. The van der Waals surface area contributed by atoms with Crippen LogP contribution in [0.1, 0.15) is 24.3 Å². The lowest BCUT2D eigenvalue weighted by Crippen LogP contribution is -2.33. The van der Waals surface area contributed by atoms with Gasteiger partial charge in [-0.3, -0.25) is 4.79 Å². The molecule has 0 aliphatic rings. The predicted molar refractivity (Wildman–Crippen MR) is 98.2 cm³/mol. The zero-order valence-corrected chi connectivity index (χ0v) is 14.6. The highest BCUT2D eigenvalue weighted by molar-refractivity contribution is 5.78. The summed E-state index contributed by atoms with van der Waals surface area (Å²) < 4.78 is 16.6. The Bertz CT molecular complexity index is 815. The van der Waals surface area contributed by atoms with E-state index in [9.17, 15) is 4.79 Å². The van der Waals surface area contributed by atoms with Gasteiger partial charge in [-0.1, -0.05) is 42.5 Å². The lowest BCUT2D eigenvalue weighted by molar-refractivity contribution is -0.123. The van der Waals surface area contributed by atoms with Gasteiger partial charge in [0.2, 0.25) is 0 Å². The largest absolute Gasteiger partial charge is 0.490 e. The highest BCUT2D eigenvalue weighted by Crippen LogP contribution is 2.26. The molecule has 26 heavy (non-hydrogen) atoms. The normalized spacial score (nSPS) is 11.6. The smallest absolute Gasteiger partial charge is 0.258 e. The fraction of sp³-hybridized carbons (Fsp3) is 0.190. The van der Waals surface area contributed by atoms with Crippen molar-refractivity contribution in [3.05, 3.63) is 84.3 Å². The van der Waals surface area contributed by atoms with Crippen molar-refractivity contribution in [1.29, 1.82) is 0 Å². The predicted octanol–water partition coefficient (Wildman–Crippen LogP) is 3.96. The fourth-order valence-electron chi connectivity index (χ4n) is 2.61. The van der Waals surface area contributed by atoms with Gasteiger partial charge in [0, 0.05) is 0 Å². The fourth-order valence-corrected chi connectivity index (χ4v) is 2.61.